The lowest BCUT2D eigenvalue weighted by atomic mass is 9.84. The molecule has 170 valence electrons. The largest absolute Gasteiger partial charge is 0.0758 e. The van der Waals surface area contributed by atoms with Crippen molar-refractivity contribution in [1.82, 2.24) is 0 Å². The second-order valence-corrected chi connectivity index (χ2v) is 11.4. The van der Waals surface area contributed by atoms with Crippen LogP contribution in [0.15, 0.2) is 97.1 Å². The molecule has 0 nitrogen and oxygen atoms in total. The molecule has 0 aliphatic heterocycles. The Hall–Kier alpha value is -4.16. The minimum atomic E-state index is 0.227. The van der Waals surface area contributed by atoms with Gasteiger partial charge in [0.2, 0.25) is 0 Å². The summed E-state index contributed by atoms with van der Waals surface area (Å²) < 4.78 is 0. The zero-order valence-corrected chi connectivity index (χ0v) is 20.6. The Labute approximate surface area is 209 Å². The first-order chi connectivity index (χ1) is 17.5. The summed E-state index contributed by atoms with van der Waals surface area (Å²) in [5.74, 6) is 0. The van der Waals surface area contributed by atoms with Crippen molar-refractivity contribution in [2.45, 2.75) is 20.3 Å². The van der Waals surface area contributed by atoms with Gasteiger partial charge < -0.3 is 0 Å². The molecule has 0 bridgehead atoms. The first-order valence-corrected chi connectivity index (χ1v) is 12.9. The van der Waals surface area contributed by atoms with Crippen molar-refractivity contribution in [2.75, 3.05) is 0 Å². The second-order valence-electron chi connectivity index (χ2n) is 11.4. The van der Waals surface area contributed by atoms with Crippen molar-refractivity contribution in [3.05, 3.63) is 107 Å². The molecule has 0 spiro atoms. The third-order valence-corrected chi connectivity index (χ3v) is 8.12. The Morgan fingerprint density at radius 1 is 0.417 bits per heavy atom. The van der Waals surface area contributed by atoms with Gasteiger partial charge in [0.1, 0.15) is 0 Å². The van der Waals surface area contributed by atoms with Crippen molar-refractivity contribution in [2.24, 2.45) is 5.41 Å². The lowest BCUT2D eigenvalue weighted by Crippen LogP contribution is -2.31. The van der Waals surface area contributed by atoms with E-state index in [-0.39, 0.29) is 5.41 Å². The van der Waals surface area contributed by atoms with Gasteiger partial charge in [-0.05, 0) is 160 Å². The Bertz CT molecular complexity index is 2190. The van der Waals surface area contributed by atoms with Crippen molar-refractivity contribution in [3.63, 3.8) is 0 Å². The van der Waals surface area contributed by atoms with Crippen LogP contribution in [0.2, 0.25) is 0 Å². The van der Waals surface area contributed by atoms with Crippen molar-refractivity contribution in [1.29, 1.82) is 0 Å². The van der Waals surface area contributed by atoms with Crippen LogP contribution in [-0.4, -0.2) is 0 Å². The molecule has 8 rings (SSSR count). The number of fused-ring (bicyclic) bond motifs is 7. The maximum Gasteiger partial charge on any atom is -0.0131 e. The van der Waals surface area contributed by atoms with Crippen LogP contribution >= 0.6 is 0 Å². The van der Waals surface area contributed by atoms with Gasteiger partial charge in [-0.1, -0.05) is 50.3 Å². The molecule has 0 saturated heterocycles. The van der Waals surface area contributed by atoms with Crippen LogP contribution in [0.3, 0.4) is 0 Å². The van der Waals surface area contributed by atoms with Gasteiger partial charge in [-0.15, -0.1) is 0 Å². The number of hydrogen-bond donors (Lipinski definition) is 0. The summed E-state index contributed by atoms with van der Waals surface area (Å²) in [6.07, 6.45) is 5.94. The molecule has 0 heterocycles. The van der Waals surface area contributed by atoms with E-state index in [9.17, 15) is 0 Å². The van der Waals surface area contributed by atoms with Crippen molar-refractivity contribution in [3.8, 4) is 0 Å². The maximum atomic E-state index is 2.44. The Morgan fingerprint density at radius 2 is 0.750 bits per heavy atom. The second kappa shape index (κ2) is 6.95. The highest BCUT2D eigenvalue weighted by Gasteiger charge is 2.15. The average molecular weight is 459 g/mol. The highest BCUT2D eigenvalue weighted by molar-refractivity contribution is 6.11. The fraction of sp³-hybridized carbons (Fsp3) is 0.111. The van der Waals surface area contributed by atoms with Gasteiger partial charge in [-0.25, -0.2) is 0 Å². The van der Waals surface area contributed by atoms with Crippen LogP contribution < -0.4 is 10.4 Å². The van der Waals surface area contributed by atoms with Crippen molar-refractivity contribution >= 4 is 76.8 Å². The SMILES string of the molecule is CC1(C)C=c2cc3cc4cc5cc6cc7cc8ccccc8cc7cc6cc5cc4cc3cc2=CC1. The van der Waals surface area contributed by atoms with Gasteiger partial charge in [-0.3, -0.25) is 0 Å². The minimum Gasteiger partial charge on any atom is -0.0758 e. The molecule has 0 saturated carbocycles. The molecular formula is C36H26. The molecule has 1 aliphatic carbocycles. The summed E-state index contributed by atoms with van der Waals surface area (Å²) in [4.78, 5) is 0. The molecule has 0 aromatic heterocycles. The normalized spacial score (nSPS) is 14.9. The minimum absolute atomic E-state index is 0.227. The molecule has 0 atom stereocenters. The standard InChI is InChI=1S/C36H26/c1-36(2)8-7-24-11-27-14-30-17-31-15-28-12-25-9-22-5-3-4-6-23(22)10-26(25)13-29(28)16-32(31)18-33(30)19-34(27)20-35(24)21-36/h3-7,9-21H,8H2,1-2H3. The van der Waals surface area contributed by atoms with Gasteiger partial charge in [-0.2, -0.15) is 0 Å². The zero-order chi connectivity index (χ0) is 24.0. The summed E-state index contributed by atoms with van der Waals surface area (Å²) in [6, 6.07) is 36.9. The predicted molar refractivity (Wildman–Crippen MR) is 158 cm³/mol. The van der Waals surface area contributed by atoms with Gasteiger partial charge in [0.25, 0.3) is 0 Å². The number of rotatable bonds is 0. The highest BCUT2D eigenvalue weighted by Crippen LogP contribution is 2.33. The van der Waals surface area contributed by atoms with Gasteiger partial charge in [0.15, 0.2) is 0 Å². The molecule has 7 aromatic rings. The number of benzene rings is 7. The Balaban J connectivity index is 1.37. The first kappa shape index (κ1) is 20.1. The zero-order valence-electron chi connectivity index (χ0n) is 20.6. The van der Waals surface area contributed by atoms with Crippen LogP contribution in [-0.2, 0) is 0 Å². The maximum absolute atomic E-state index is 2.44. The van der Waals surface area contributed by atoms with Gasteiger partial charge in [0, 0.05) is 0 Å². The van der Waals surface area contributed by atoms with Crippen LogP contribution in [0, 0.1) is 5.41 Å². The van der Waals surface area contributed by atoms with E-state index < -0.39 is 0 Å². The molecule has 0 heteroatoms. The van der Waals surface area contributed by atoms with E-state index in [2.05, 4.69) is 123 Å². The van der Waals surface area contributed by atoms with E-state index >= 15 is 0 Å². The van der Waals surface area contributed by atoms with Crippen LogP contribution in [0.25, 0.3) is 76.8 Å². The van der Waals surface area contributed by atoms with E-state index in [4.69, 9.17) is 0 Å². The molecule has 1 aliphatic rings. The van der Waals surface area contributed by atoms with Gasteiger partial charge in [0.05, 0.1) is 0 Å². The topological polar surface area (TPSA) is 0 Å². The van der Waals surface area contributed by atoms with E-state index in [1.807, 2.05) is 0 Å². The van der Waals surface area contributed by atoms with E-state index in [1.54, 1.807) is 0 Å². The quantitative estimate of drug-likeness (QED) is 0.200. The highest BCUT2D eigenvalue weighted by atomic mass is 14.2. The van der Waals surface area contributed by atoms with Crippen LogP contribution in [0.1, 0.15) is 20.3 Å². The lowest BCUT2D eigenvalue weighted by Gasteiger charge is -2.21. The molecule has 7 aromatic carbocycles. The monoisotopic (exact) mass is 458 g/mol. The summed E-state index contributed by atoms with van der Waals surface area (Å²) in [6.45, 7) is 4.64. The summed E-state index contributed by atoms with van der Waals surface area (Å²) in [7, 11) is 0. The average Bonchev–Trinajstić information content (AvgIpc) is 2.85. The summed E-state index contributed by atoms with van der Waals surface area (Å²) in [5, 5.41) is 18.4. The first-order valence-electron chi connectivity index (χ1n) is 12.9. The molecule has 0 N–H and O–H groups in total. The van der Waals surface area contributed by atoms with Crippen LogP contribution in [0.5, 0.6) is 0 Å². The van der Waals surface area contributed by atoms with Crippen LogP contribution in [0.4, 0.5) is 0 Å². The lowest BCUT2D eigenvalue weighted by molar-refractivity contribution is 0.534. The summed E-state index contributed by atoms with van der Waals surface area (Å²) >= 11 is 0. The summed E-state index contributed by atoms with van der Waals surface area (Å²) in [5.41, 5.74) is 0.227. The fourth-order valence-electron chi connectivity index (χ4n) is 6.19. The fourth-order valence-corrected chi connectivity index (χ4v) is 6.19. The number of hydrogen-bond acceptors (Lipinski definition) is 0. The Kier molecular flexibility index (Phi) is 3.88. The van der Waals surface area contributed by atoms with E-state index in [0.29, 0.717) is 0 Å². The molecule has 36 heavy (non-hydrogen) atoms. The predicted octanol–water partition coefficient (Wildman–Crippen LogP) is 8.60. The third-order valence-electron chi connectivity index (χ3n) is 8.12. The molecule has 0 radical (unpaired) electrons. The molecule has 0 amide bonds. The van der Waals surface area contributed by atoms with Gasteiger partial charge >= 0.3 is 0 Å². The van der Waals surface area contributed by atoms with E-state index in [0.717, 1.165) is 6.42 Å². The smallest absolute Gasteiger partial charge is 0.0131 e. The molecular weight excluding hydrogens is 432 g/mol. The third kappa shape index (κ3) is 3.08. The molecule has 0 unspecified atom stereocenters. The molecule has 0 fully saturated rings. The van der Waals surface area contributed by atoms with Crippen molar-refractivity contribution < 1.29 is 0 Å². The Morgan fingerprint density at radius 3 is 1.17 bits per heavy atom. The van der Waals surface area contributed by atoms with E-state index in [1.165, 1.54) is 75.1 Å².